The van der Waals surface area contributed by atoms with Gasteiger partial charge in [0.05, 0.1) is 34.4 Å². The Bertz CT molecular complexity index is 2350. The number of hydrogen-bond donors (Lipinski definition) is 2. The first-order valence-corrected chi connectivity index (χ1v) is 16.6. The maximum atomic E-state index is 15.0. The molecule has 2 aliphatic rings. The van der Waals surface area contributed by atoms with Gasteiger partial charge in [0.2, 0.25) is 0 Å². The smallest absolute Gasteiger partial charge is 0.308 e. The summed E-state index contributed by atoms with van der Waals surface area (Å²) in [6, 6.07) is 4.57. The number of unbranched alkanes of at least 4 members (excludes halogenated alkanes) is 2. The van der Waals surface area contributed by atoms with Crippen molar-refractivity contribution in [2.24, 2.45) is 0 Å². The molecule has 0 amide bonds. The van der Waals surface area contributed by atoms with Crippen LogP contribution in [0.2, 0.25) is 0 Å². The molecule has 270 valence electrons. The summed E-state index contributed by atoms with van der Waals surface area (Å²) >= 11 is 0. The number of nitrogens with one attached hydrogen (secondary N) is 1. The monoisotopic (exact) mass is 713 g/mol. The van der Waals surface area contributed by atoms with Gasteiger partial charge in [-0.25, -0.2) is 0 Å². The van der Waals surface area contributed by atoms with E-state index in [-0.39, 0.29) is 46.1 Å². The third-order valence-electron chi connectivity index (χ3n) is 9.30. The normalized spacial score (nSPS) is 15.9. The van der Waals surface area contributed by atoms with Gasteiger partial charge in [-0.15, -0.1) is 0 Å². The minimum absolute atomic E-state index is 0.111. The molecular weight excluding hydrogens is 678 g/mol. The number of aromatic hydroxyl groups is 1. The summed E-state index contributed by atoms with van der Waals surface area (Å²) in [4.78, 5) is 96.4. The molecule has 1 unspecified atom stereocenters. The van der Waals surface area contributed by atoms with E-state index in [1.54, 1.807) is 12.1 Å². The lowest BCUT2D eigenvalue weighted by atomic mass is 9.76. The number of phenols is 1. The zero-order chi connectivity index (χ0) is 37.8. The number of pyridine rings is 1. The number of fused-ring (bicyclic) bond motifs is 5. The van der Waals surface area contributed by atoms with Gasteiger partial charge in [-0.05, 0) is 42.7 Å². The Labute approximate surface area is 295 Å². The Hall–Kier alpha value is -6.05. The van der Waals surface area contributed by atoms with E-state index in [0.717, 1.165) is 53.0 Å². The number of ketones is 2. The highest BCUT2D eigenvalue weighted by atomic mass is 16.6. The Morgan fingerprint density at radius 3 is 1.88 bits per heavy atom. The fraction of sp³-hybridized carbons (Fsp3) is 0.342. The van der Waals surface area contributed by atoms with Gasteiger partial charge in [0.1, 0.15) is 16.9 Å². The molecule has 52 heavy (non-hydrogen) atoms. The van der Waals surface area contributed by atoms with Crippen LogP contribution in [0.15, 0.2) is 23.0 Å². The lowest BCUT2D eigenvalue weighted by Gasteiger charge is -2.23. The van der Waals surface area contributed by atoms with Gasteiger partial charge in [-0.1, -0.05) is 25.8 Å². The Kier molecular flexibility index (Phi) is 9.11. The van der Waals surface area contributed by atoms with Crippen molar-refractivity contribution >= 4 is 57.0 Å². The summed E-state index contributed by atoms with van der Waals surface area (Å²) in [5.41, 5.74) is -2.82. The van der Waals surface area contributed by atoms with E-state index in [0.29, 0.717) is 23.1 Å². The zero-order valence-electron chi connectivity index (χ0n) is 29.3. The molecule has 2 aliphatic carbocycles. The Morgan fingerprint density at radius 1 is 0.750 bits per heavy atom. The first kappa shape index (κ1) is 35.8. The molecule has 0 aliphatic heterocycles. The van der Waals surface area contributed by atoms with Gasteiger partial charge in [0.25, 0.3) is 5.56 Å². The third kappa shape index (κ3) is 5.54. The maximum Gasteiger partial charge on any atom is 0.308 e. The van der Waals surface area contributed by atoms with Crippen molar-refractivity contribution in [1.29, 1.82) is 0 Å². The number of rotatable bonds is 9. The van der Waals surface area contributed by atoms with Crippen molar-refractivity contribution in [3.63, 3.8) is 0 Å². The first-order valence-electron chi connectivity index (χ1n) is 16.6. The van der Waals surface area contributed by atoms with Crippen LogP contribution >= 0.6 is 0 Å². The summed E-state index contributed by atoms with van der Waals surface area (Å²) < 4.78 is 27.7. The highest BCUT2D eigenvalue weighted by Gasteiger charge is 2.61. The predicted octanol–water partition coefficient (Wildman–Crippen LogP) is 5.09. The van der Waals surface area contributed by atoms with E-state index in [1.807, 2.05) is 0 Å². The van der Waals surface area contributed by atoms with Crippen LogP contribution in [0.1, 0.15) is 97.8 Å². The average Bonchev–Trinajstić information content (AvgIpc) is 3.54. The van der Waals surface area contributed by atoms with E-state index in [1.165, 1.54) is 7.11 Å². The van der Waals surface area contributed by atoms with Gasteiger partial charge in [-0.2, -0.15) is 0 Å². The second kappa shape index (κ2) is 13.2. The number of H-pyrrole nitrogens is 1. The van der Waals surface area contributed by atoms with Crippen LogP contribution in [-0.4, -0.2) is 52.6 Å². The third-order valence-corrected chi connectivity index (χ3v) is 9.30. The van der Waals surface area contributed by atoms with Crippen LogP contribution in [0, 0.1) is 0 Å². The molecule has 14 nitrogen and oxygen atoms in total. The van der Waals surface area contributed by atoms with Gasteiger partial charge in [-0.3, -0.25) is 33.6 Å². The topological polar surface area (TPSA) is 202 Å². The van der Waals surface area contributed by atoms with Crippen molar-refractivity contribution in [3.8, 4) is 34.5 Å². The summed E-state index contributed by atoms with van der Waals surface area (Å²) in [6.07, 6.45) is 3.34. The summed E-state index contributed by atoms with van der Waals surface area (Å²) in [7, 11) is 1.21. The highest BCUT2D eigenvalue weighted by Crippen LogP contribution is 2.60. The molecule has 2 N–H and O–H groups in total. The van der Waals surface area contributed by atoms with E-state index >= 15 is 9.59 Å². The van der Waals surface area contributed by atoms with Crippen LogP contribution in [-0.2, 0) is 37.4 Å². The molecule has 0 bridgehead atoms. The SMILES string of the molecule is CCCCCc1cc2cc3c(c(O)c2c(=O)[nH]1)C1(CC3)C(=O)c2c(c(OC(C)=O)c3c(OC(C)=O)c(OC)cc(OC(C)=O)c3c2OC(C)=O)C1=O. The fourth-order valence-corrected chi connectivity index (χ4v) is 7.43. The number of aromatic amines is 1. The van der Waals surface area contributed by atoms with Crippen molar-refractivity contribution < 1.29 is 57.6 Å². The second-order valence-electron chi connectivity index (χ2n) is 12.8. The first-order chi connectivity index (χ1) is 24.7. The summed E-state index contributed by atoms with van der Waals surface area (Å²) in [6.45, 7) is 6.26. The largest absolute Gasteiger partial charge is 0.507 e. The predicted molar refractivity (Wildman–Crippen MR) is 184 cm³/mol. The molecule has 3 aromatic carbocycles. The molecule has 0 fully saturated rings. The number of ether oxygens (including phenoxy) is 5. The van der Waals surface area contributed by atoms with Gasteiger partial charge in [0.15, 0.2) is 34.6 Å². The van der Waals surface area contributed by atoms with Crippen molar-refractivity contribution in [1.82, 2.24) is 4.98 Å². The van der Waals surface area contributed by atoms with Gasteiger partial charge >= 0.3 is 23.9 Å². The Balaban J connectivity index is 1.74. The molecule has 6 rings (SSSR count). The number of hydrogen-bond acceptors (Lipinski definition) is 13. The quantitative estimate of drug-likeness (QED) is 0.101. The number of aromatic nitrogens is 1. The number of benzene rings is 3. The fourth-order valence-electron chi connectivity index (χ4n) is 7.43. The number of Topliss-reactive ketones (excluding diaryl/α,β-unsaturated/α-hetero) is 2. The zero-order valence-corrected chi connectivity index (χ0v) is 29.3. The molecule has 1 spiro atoms. The number of aryl methyl sites for hydroxylation is 2. The molecular formula is C38H35NO13. The van der Waals surface area contributed by atoms with Gasteiger partial charge in [0, 0.05) is 45.0 Å². The van der Waals surface area contributed by atoms with Crippen LogP contribution in [0.25, 0.3) is 21.5 Å². The molecule has 14 heteroatoms. The van der Waals surface area contributed by atoms with Crippen LogP contribution in [0.4, 0.5) is 0 Å². The number of methoxy groups -OCH3 is 1. The molecule has 4 aromatic rings. The number of carbonyl (C=O) groups excluding carboxylic acids is 6. The van der Waals surface area contributed by atoms with Crippen molar-refractivity contribution in [2.45, 2.75) is 78.6 Å². The van der Waals surface area contributed by atoms with Crippen LogP contribution in [0.5, 0.6) is 34.5 Å². The van der Waals surface area contributed by atoms with E-state index < -0.39 is 80.5 Å². The number of esters is 4. The lowest BCUT2D eigenvalue weighted by Crippen LogP contribution is -2.36. The summed E-state index contributed by atoms with van der Waals surface area (Å²) in [5.74, 6) is -8.19. The van der Waals surface area contributed by atoms with E-state index in [4.69, 9.17) is 23.7 Å². The second-order valence-corrected chi connectivity index (χ2v) is 12.8. The van der Waals surface area contributed by atoms with Gasteiger partial charge < -0.3 is 33.8 Å². The van der Waals surface area contributed by atoms with E-state index in [9.17, 15) is 29.1 Å². The van der Waals surface area contributed by atoms with E-state index in [2.05, 4.69) is 11.9 Å². The lowest BCUT2D eigenvalue weighted by molar-refractivity contribution is -0.133. The van der Waals surface area contributed by atoms with Crippen molar-refractivity contribution in [3.05, 3.63) is 56.5 Å². The Morgan fingerprint density at radius 2 is 1.33 bits per heavy atom. The minimum Gasteiger partial charge on any atom is -0.507 e. The van der Waals surface area contributed by atoms with Crippen LogP contribution < -0.4 is 29.2 Å². The number of carbonyl (C=O) groups is 6. The summed E-state index contributed by atoms with van der Waals surface area (Å²) in [5, 5.41) is 11.5. The average molecular weight is 714 g/mol. The molecule has 0 saturated carbocycles. The van der Waals surface area contributed by atoms with Crippen LogP contribution in [0.3, 0.4) is 0 Å². The van der Waals surface area contributed by atoms with Crippen molar-refractivity contribution in [2.75, 3.05) is 7.11 Å². The molecule has 1 atom stereocenters. The minimum atomic E-state index is -2.17. The number of phenolic OH excluding ortho intramolecular Hbond substituents is 1. The maximum absolute atomic E-state index is 15.0. The molecule has 0 radical (unpaired) electrons. The highest BCUT2D eigenvalue weighted by molar-refractivity contribution is 6.38. The molecule has 0 saturated heterocycles. The molecule has 1 heterocycles. The molecule has 1 aromatic heterocycles. The standard InChI is InChI=1S/C38H35NO13/c1-7-8-9-10-22-14-21-13-20-11-12-38(30(20)31(44)25(21)37(47)39-22)35(45)28-29(36(38)46)34(52-19(5)43)27-26(33(28)51-18(4)42)23(49-16(2)40)15-24(48-6)32(27)50-17(3)41/h13-15,44H,7-12H2,1-6H3,(H,39,47).